The summed E-state index contributed by atoms with van der Waals surface area (Å²) in [7, 11) is -2.60. The van der Waals surface area contributed by atoms with Crippen molar-refractivity contribution >= 4 is 42.0 Å². The molecule has 47 valence electrons. The van der Waals surface area contributed by atoms with E-state index in [0.717, 1.165) is 0 Å². The fraction of sp³-hybridized carbons (Fsp3) is 0. The first-order valence-corrected chi connectivity index (χ1v) is 1.43. The fourth-order valence-corrected chi connectivity index (χ4v) is 0. The smallest absolute Gasteiger partial charge is 0.282 e. The van der Waals surface area contributed by atoms with Crippen LogP contribution in [0.25, 0.3) is 0 Å². The molecule has 0 aliphatic carbocycles. The van der Waals surface area contributed by atoms with Crippen molar-refractivity contribution < 1.29 is 41.8 Å². The molecule has 0 aromatic rings. The summed E-state index contributed by atoms with van der Waals surface area (Å²) in [5.74, 6) is 0. The minimum Gasteiger partial charge on any atom is -0.321 e. The van der Waals surface area contributed by atoms with Crippen LogP contribution < -0.4 is 9.32 Å². The molecule has 3 nitrogen and oxygen atoms in total. The largest absolute Gasteiger partial charge is 0.321 e. The van der Waals surface area contributed by atoms with E-state index in [9.17, 15) is 0 Å². The summed E-state index contributed by atoms with van der Waals surface area (Å²) in [6.07, 6.45) is 0. The van der Waals surface area contributed by atoms with Crippen LogP contribution in [0.4, 0.5) is 0 Å². The molecule has 0 aliphatic rings. The molecular weight excluding hydrogens is 205 g/mol. The molecule has 0 aromatic heterocycles. The number of hydrogen-bond acceptors (Lipinski definition) is 3. The van der Waals surface area contributed by atoms with Crippen molar-refractivity contribution in [1.29, 1.82) is 0 Å². The van der Waals surface area contributed by atoms with Gasteiger partial charge in [-0.1, -0.05) is 0 Å². The van der Waals surface area contributed by atoms with Gasteiger partial charge in [0.15, 0.2) is 0 Å². The molecule has 0 saturated carbocycles. The van der Waals surface area contributed by atoms with Gasteiger partial charge in [-0.25, -0.2) is 0 Å². The third-order valence-electron chi connectivity index (χ3n) is 0. The van der Waals surface area contributed by atoms with Crippen molar-refractivity contribution in [2.75, 3.05) is 0 Å². The van der Waals surface area contributed by atoms with Gasteiger partial charge in [-0.05, 0) is 0 Å². The monoisotopic (exact) mass is 207 g/mol. The first kappa shape index (κ1) is 23.1. The van der Waals surface area contributed by atoms with Crippen LogP contribution in [0.15, 0.2) is 0 Å². The van der Waals surface area contributed by atoms with Gasteiger partial charge in [0, 0.05) is 21.7 Å². The maximum Gasteiger partial charge on any atom is 0.282 e. The van der Waals surface area contributed by atoms with Gasteiger partial charge in [-0.15, -0.1) is 12.4 Å². The van der Waals surface area contributed by atoms with Crippen LogP contribution in [-0.4, -0.2) is 34.2 Å². The van der Waals surface area contributed by atoms with E-state index in [-0.39, 0.29) is 59.0 Å². The first-order chi connectivity index (χ1) is 1.73. The van der Waals surface area contributed by atoms with Crippen molar-refractivity contribution in [1.82, 2.24) is 0 Å². The average Bonchev–Trinajstić information content (AvgIpc) is 0.811. The van der Waals surface area contributed by atoms with E-state index in [4.69, 9.17) is 14.0 Å². The van der Waals surface area contributed by atoms with E-state index in [2.05, 4.69) is 0 Å². The molecule has 0 heterocycles. The van der Waals surface area contributed by atoms with Crippen molar-refractivity contribution in [3.05, 3.63) is 0 Å². The van der Waals surface area contributed by atoms with Gasteiger partial charge in [0.2, 0.25) is 0 Å². The molecule has 7 heavy (non-hydrogen) atoms. The Labute approximate surface area is 83.1 Å². The van der Waals surface area contributed by atoms with Gasteiger partial charge in [0.05, 0.1) is 0 Å². The summed E-state index contributed by atoms with van der Waals surface area (Å²) in [4.78, 5) is 0. The van der Waals surface area contributed by atoms with Gasteiger partial charge in [0.1, 0.15) is 0 Å². The van der Waals surface area contributed by atoms with E-state index >= 15 is 0 Å². The Balaban J connectivity index is -0.0000000150. The summed E-state index contributed by atoms with van der Waals surface area (Å²) in [5.41, 5.74) is 0. The number of hydrogen-bond donors (Lipinski definition) is 1. The third kappa shape index (κ3) is 72.8. The molecule has 0 saturated heterocycles. The van der Waals surface area contributed by atoms with Gasteiger partial charge in [-0.2, -0.15) is 0 Å². The fourth-order valence-electron chi connectivity index (χ4n) is 0. The van der Waals surface area contributed by atoms with E-state index in [0.29, 0.717) is 0 Å². The van der Waals surface area contributed by atoms with Crippen LogP contribution in [0.5, 0.6) is 0 Å². The number of rotatable bonds is 0. The molecular formula is H3Cl2CuNaO3. The SMILES string of the molecule is Cl.[Cu].[NaH].[O-][Cl+2]([O-])O. The molecule has 0 aliphatic heterocycles. The maximum atomic E-state index is 8.52. The number of halogens is 2. The molecule has 0 fully saturated rings. The predicted molar refractivity (Wildman–Crippen MR) is 16.6 cm³/mol. The quantitative estimate of drug-likeness (QED) is 0.427. The van der Waals surface area contributed by atoms with Gasteiger partial charge in [-0.3, -0.25) is 0 Å². The minimum atomic E-state index is -2.60. The van der Waals surface area contributed by atoms with Crippen LogP contribution in [0.3, 0.4) is 0 Å². The second-order valence-corrected chi connectivity index (χ2v) is 0.603. The molecule has 0 rings (SSSR count). The van der Waals surface area contributed by atoms with Crippen molar-refractivity contribution in [2.24, 2.45) is 0 Å². The van der Waals surface area contributed by atoms with E-state index < -0.39 is 10.8 Å². The Morgan fingerprint density at radius 2 is 1.29 bits per heavy atom. The standard InChI is InChI=1S/ClHO3.ClH.Cu.Na.H/c2-1(3)4;;;;/h2H;1H;;;. The van der Waals surface area contributed by atoms with Crippen LogP contribution in [0, 0.1) is 10.8 Å². The molecule has 0 bridgehead atoms. The Morgan fingerprint density at radius 1 is 1.29 bits per heavy atom. The van der Waals surface area contributed by atoms with Crippen LogP contribution in [-0.2, 0) is 17.1 Å². The van der Waals surface area contributed by atoms with E-state index in [1.54, 1.807) is 0 Å². The van der Waals surface area contributed by atoms with Gasteiger partial charge in [0.25, 0.3) is 10.8 Å². The molecule has 0 spiro atoms. The Bertz CT molecular complexity index is 17.7. The summed E-state index contributed by atoms with van der Waals surface area (Å²) in [5, 5.41) is 0. The predicted octanol–water partition coefficient (Wildman–Crippen LogP) is -3.16. The molecule has 7 heteroatoms. The van der Waals surface area contributed by atoms with Gasteiger partial charge < -0.3 is 9.32 Å². The molecule has 0 amide bonds. The summed E-state index contributed by atoms with van der Waals surface area (Å²) < 4.78 is 24.0. The maximum absolute atomic E-state index is 8.52. The van der Waals surface area contributed by atoms with Gasteiger partial charge >= 0.3 is 29.6 Å². The molecule has 0 atom stereocenters. The Kier molecular flexibility index (Phi) is 51.6. The van der Waals surface area contributed by atoms with Crippen molar-refractivity contribution in [3.63, 3.8) is 0 Å². The Hall–Kier alpha value is 1.98. The van der Waals surface area contributed by atoms with Crippen molar-refractivity contribution in [2.45, 2.75) is 0 Å². The first-order valence-electron chi connectivity index (χ1n) is 0.478. The average molecular weight is 208 g/mol. The van der Waals surface area contributed by atoms with Crippen molar-refractivity contribution in [3.8, 4) is 0 Å². The summed E-state index contributed by atoms with van der Waals surface area (Å²) in [6, 6.07) is 0. The summed E-state index contributed by atoms with van der Waals surface area (Å²) in [6.45, 7) is 0. The molecule has 0 aromatic carbocycles. The van der Waals surface area contributed by atoms with Crippen LogP contribution in [0.2, 0.25) is 0 Å². The topological polar surface area (TPSA) is 66.3 Å². The zero-order chi connectivity index (χ0) is 3.58. The molecule has 0 unspecified atom stereocenters. The molecule has 1 radical (unpaired) electrons. The zero-order valence-electron chi connectivity index (χ0n) is 2.35. The minimum absolute atomic E-state index is 0. The van der Waals surface area contributed by atoms with E-state index in [1.807, 2.05) is 0 Å². The van der Waals surface area contributed by atoms with Crippen LogP contribution >= 0.6 is 12.4 Å². The molecule has 1 N–H and O–H groups in total. The van der Waals surface area contributed by atoms with E-state index in [1.165, 1.54) is 0 Å². The van der Waals surface area contributed by atoms with Crippen LogP contribution in [0.1, 0.15) is 0 Å². The Morgan fingerprint density at radius 3 is 1.29 bits per heavy atom. The normalized spacial score (nSPS) is 5.14. The second kappa shape index (κ2) is 15.7. The third-order valence-corrected chi connectivity index (χ3v) is 0. The zero-order valence-corrected chi connectivity index (χ0v) is 4.87. The summed E-state index contributed by atoms with van der Waals surface area (Å²) >= 11 is 0. The second-order valence-electron chi connectivity index (χ2n) is 0.201.